The van der Waals surface area contributed by atoms with Gasteiger partial charge < -0.3 is 10.5 Å². The number of benzene rings is 1. The monoisotopic (exact) mass is 262 g/mol. The van der Waals surface area contributed by atoms with E-state index in [-0.39, 0.29) is 0 Å². The first-order valence-electron chi connectivity index (χ1n) is 7.39. The van der Waals surface area contributed by atoms with Crippen molar-refractivity contribution < 1.29 is 4.74 Å². The number of nitrogens with zero attached hydrogens (tertiary/aromatic N) is 1. The highest BCUT2D eigenvalue weighted by molar-refractivity contribution is 5.33. The van der Waals surface area contributed by atoms with Crippen molar-refractivity contribution in [3.63, 3.8) is 0 Å². The fourth-order valence-electron chi connectivity index (χ4n) is 2.81. The molecule has 0 aromatic heterocycles. The van der Waals surface area contributed by atoms with Crippen molar-refractivity contribution in [3.05, 3.63) is 29.8 Å². The van der Waals surface area contributed by atoms with Crippen LogP contribution in [0, 0.1) is 5.92 Å². The molecule has 106 valence electrons. The molecule has 1 aromatic carbocycles. The first-order chi connectivity index (χ1) is 9.20. The Morgan fingerprint density at radius 2 is 2.00 bits per heavy atom. The van der Waals surface area contributed by atoms with Gasteiger partial charge >= 0.3 is 0 Å². The average Bonchev–Trinajstić information content (AvgIpc) is 2.42. The Kier molecular flexibility index (Phi) is 5.23. The van der Waals surface area contributed by atoms with Gasteiger partial charge in [0, 0.05) is 18.2 Å². The largest absolute Gasteiger partial charge is 0.494 e. The van der Waals surface area contributed by atoms with Crippen molar-refractivity contribution in [1.82, 2.24) is 4.90 Å². The van der Waals surface area contributed by atoms with E-state index in [1.807, 2.05) is 13.0 Å². The standard InChI is InChI=1S/C16H26N2O/c1-3-19-16-7-5-4-6-15(16)12-18-10-8-14(9-11-18)13(2)17/h4-7,13-14H,3,8-12,17H2,1-2H3. The van der Waals surface area contributed by atoms with Gasteiger partial charge in [0.1, 0.15) is 5.75 Å². The lowest BCUT2D eigenvalue weighted by atomic mass is 9.91. The Labute approximate surface area is 116 Å². The molecule has 0 aliphatic carbocycles. The molecule has 2 N–H and O–H groups in total. The lowest BCUT2D eigenvalue weighted by Crippen LogP contribution is -2.39. The van der Waals surface area contributed by atoms with Gasteiger partial charge in [0.15, 0.2) is 0 Å². The van der Waals surface area contributed by atoms with Crippen LogP contribution in [-0.4, -0.2) is 30.6 Å². The van der Waals surface area contributed by atoms with Gasteiger partial charge in [-0.2, -0.15) is 0 Å². The lowest BCUT2D eigenvalue weighted by Gasteiger charge is -2.33. The molecule has 1 fully saturated rings. The summed E-state index contributed by atoms with van der Waals surface area (Å²) in [6.45, 7) is 8.17. The summed E-state index contributed by atoms with van der Waals surface area (Å²) in [5, 5.41) is 0. The molecule has 0 radical (unpaired) electrons. The number of likely N-dealkylation sites (tertiary alicyclic amines) is 1. The van der Waals surface area contributed by atoms with Crippen molar-refractivity contribution in [1.29, 1.82) is 0 Å². The van der Waals surface area contributed by atoms with E-state index < -0.39 is 0 Å². The molecular formula is C16H26N2O. The van der Waals surface area contributed by atoms with Crippen molar-refractivity contribution in [2.24, 2.45) is 11.7 Å². The third kappa shape index (κ3) is 3.95. The normalized spacial score (nSPS) is 19.3. The molecule has 3 heteroatoms. The number of nitrogens with two attached hydrogens (primary N) is 1. The third-order valence-corrected chi connectivity index (χ3v) is 4.04. The summed E-state index contributed by atoms with van der Waals surface area (Å²) in [4.78, 5) is 2.51. The maximum Gasteiger partial charge on any atom is 0.123 e. The maximum atomic E-state index is 5.99. The average molecular weight is 262 g/mol. The van der Waals surface area contributed by atoms with E-state index in [4.69, 9.17) is 10.5 Å². The molecule has 1 atom stereocenters. The van der Waals surface area contributed by atoms with Crippen LogP contribution in [-0.2, 0) is 6.54 Å². The number of ether oxygens (including phenoxy) is 1. The first-order valence-corrected chi connectivity index (χ1v) is 7.39. The smallest absolute Gasteiger partial charge is 0.123 e. The molecule has 1 saturated heterocycles. The minimum atomic E-state index is 0.331. The molecule has 1 unspecified atom stereocenters. The van der Waals surface area contributed by atoms with E-state index in [9.17, 15) is 0 Å². The second-order valence-corrected chi connectivity index (χ2v) is 5.51. The molecule has 3 nitrogen and oxygen atoms in total. The van der Waals surface area contributed by atoms with Crippen molar-refractivity contribution in [2.75, 3.05) is 19.7 Å². The highest BCUT2D eigenvalue weighted by Crippen LogP contribution is 2.24. The molecule has 1 aliphatic heterocycles. The summed E-state index contributed by atoms with van der Waals surface area (Å²) < 4.78 is 5.69. The molecule has 2 rings (SSSR count). The van der Waals surface area contributed by atoms with Gasteiger partial charge in [-0.15, -0.1) is 0 Å². The minimum absolute atomic E-state index is 0.331. The van der Waals surface area contributed by atoms with E-state index in [0.29, 0.717) is 12.0 Å². The van der Waals surface area contributed by atoms with Crippen LogP contribution in [0.2, 0.25) is 0 Å². The third-order valence-electron chi connectivity index (χ3n) is 4.04. The zero-order valence-corrected chi connectivity index (χ0v) is 12.1. The number of hydrogen-bond acceptors (Lipinski definition) is 3. The number of hydrogen-bond donors (Lipinski definition) is 1. The fraction of sp³-hybridized carbons (Fsp3) is 0.625. The lowest BCUT2D eigenvalue weighted by molar-refractivity contribution is 0.164. The summed E-state index contributed by atoms with van der Waals surface area (Å²) >= 11 is 0. The van der Waals surface area contributed by atoms with Gasteiger partial charge in [0.05, 0.1) is 6.61 Å². The van der Waals surface area contributed by atoms with E-state index in [2.05, 4.69) is 30.0 Å². The Morgan fingerprint density at radius 3 is 2.63 bits per heavy atom. The Bertz CT molecular complexity index is 384. The van der Waals surface area contributed by atoms with Crippen LogP contribution in [0.4, 0.5) is 0 Å². The van der Waals surface area contributed by atoms with Gasteiger partial charge in [-0.25, -0.2) is 0 Å². The molecule has 0 amide bonds. The van der Waals surface area contributed by atoms with Gasteiger partial charge in [0.2, 0.25) is 0 Å². The Morgan fingerprint density at radius 1 is 1.32 bits per heavy atom. The zero-order chi connectivity index (χ0) is 13.7. The molecule has 0 saturated carbocycles. The van der Waals surface area contributed by atoms with Crippen molar-refractivity contribution >= 4 is 0 Å². The summed E-state index contributed by atoms with van der Waals surface area (Å²) in [6.07, 6.45) is 2.43. The van der Waals surface area contributed by atoms with Crippen LogP contribution in [0.15, 0.2) is 24.3 Å². The summed E-state index contributed by atoms with van der Waals surface area (Å²) in [5.41, 5.74) is 7.29. The van der Waals surface area contributed by atoms with Gasteiger partial charge in [-0.05, 0) is 51.8 Å². The van der Waals surface area contributed by atoms with Crippen LogP contribution in [0.3, 0.4) is 0 Å². The number of piperidine rings is 1. The van der Waals surface area contributed by atoms with E-state index in [0.717, 1.165) is 32.0 Å². The van der Waals surface area contributed by atoms with Crippen LogP contribution >= 0.6 is 0 Å². The van der Waals surface area contributed by atoms with Crippen LogP contribution in [0.25, 0.3) is 0 Å². The van der Waals surface area contributed by atoms with Gasteiger partial charge in [-0.3, -0.25) is 4.90 Å². The maximum absolute atomic E-state index is 5.99. The minimum Gasteiger partial charge on any atom is -0.494 e. The van der Waals surface area contributed by atoms with Crippen LogP contribution in [0.1, 0.15) is 32.3 Å². The van der Waals surface area contributed by atoms with E-state index >= 15 is 0 Å². The van der Waals surface area contributed by atoms with E-state index in [1.165, 1.54) is 18.4 Å². The topological polar surface area (TPSA) is 38.5 Å². The molecule has 0 spiro atoms. The van der Waals surface area contributed by atoms with E-state index in [1.54, 1.807) is 0 Å². The summed E-state index contributed by atoms with van der Waals surface area (Å²) in [5.74, 6) is 1.72. The Balaban J connectivity index is 1.92. The highest BCUT2D eigenvalue weighted by Gasteiger charge is 2.22. The second-order valence-electron chi connectivity index (χ2n) is 5.51. The SMILES string of the molecule is CCOc1ccccc1CN1CCC(C(C)N)CC1. The zero-order valence-electron chi connectivity index (χ0n) is 12.1. The summed E-state index contributed by atoms with van der Waals surface area (Å²) in [6, 6.07) is 8.69. The molecular weight excluding hydrogens is 236 g/mol. The summed E-state index contributed by atoms with van der Waals surface area (Å²) in [7, 11) is 0. The predicted molar refractivity (Wildman–Crippen MR) is 79.3 cm³/mol. The Hall–Kier alpha value is -1.06. The fourth-order valence-corrected chi connectivity index (χ4v) is 2.81. The number of para-hydroxylation sites is 1. The van der Waals surface area contributed by atoms with Crippen molar-refractivity contribution in [2.45, 2.75) is 39.3 Å². The van der Waals surface area contributed by atoms with Crippen LogP contribution in [0.5, 0.6) is 5.75 Å². The molecule has 1 aliphatic rings. The number of rotatable bonds is 5. The molecule has 1 aromatic rings. The van der Waals surface area contributed by atoms with Crippen molar-refractivity contribution in [3.8, 4) is 5.75 Å². The van der Waals surface area contributed by atoms with Crippen LogP contribution < -0.4 is 10.5 Å². The quantitative estimate of drug-likeness (QED) is 0.886. The first kappa shape index (κ1) is 14.4. The molecule has 0 bridgehead atoms. The highest BCUT2D eigenvalue weighted by atomic mass is 16.5. The van der Waals surface area contributed by atoms with Gasteiger partial charge in [-0.1, -0.05) is 18.2 Å². The predicted octanol–water partition coefficient (Wildman–Crippen LogP) is 2.64. The second kappa shape index (κ2) is 6.92. The molecule has 1 heterocycles. The van der Waals surface area contributed by atoms with Gasteiger partial charge in [0.25, 0.3) is 0 Å². The molecule has 19 heavy (non-hydrogen) atoms.